The monoisotopic (exact) mass is 228 g/mol. The number of carboxylic acids is 1. The van der Waals surface area contributed by atoms with Crippen LogP contribution in [0, 0.1) is 0 Å². The van der Waals surface area contributed by atoms with Crippen molar-refractivity contribution in [3.8, 4) is 0 Å². The number of carboxylic acid groups (broad SMARTS) is 1. The van der Waals surface area contributed by atoms with E-state index in [2.05, 4.69) is 6.92 Å². The third kappa shape index (κ3) is 4.52. The smallest absolute Gasteiger partial charge is 0.338 e. The molecule has 94 valence electrons. The summed E-state index contributed by atoms with van der Waals surface area (Å²) in [5.74, 6) is -0.782. The highest BCUT2D eigenvalue weighted by atomic mass is 16.6. The van der Waals surface area contributed by atoms with E-state index in [1.165, 1.54) is 38.5 Å². The molecule has 0 saturated carbocycles. The lowest BCUT2D eigenvalue weighted by Crippen LogP contribution is -2.23. The number of epoxide rings is 1. The largest absolute Gasteiger partial charge is 0.479 e. The third-order valence-corrected chi connectivity index (χ3v) is 3.32. The van der Waals surface area contributed by atoms with Crippen LogP contribution in [0.15, 0.2) is 0 Å². The van der Waals surface area contributed by atoms with Gasteiger partial charge in [-0.2, -0.15) is 0 Å². The molecule has 1 heterocycles. The summed E-state index contributed by atoms with van der Waals surface area (Å²) in [6.07, 6.45) is 10.7. The van der Waals surface area contributed by atoms with E-state index in [-0.39, 0.29) is 0 Å². The molecule has 1 saturated heterocycles. The molecule has 1 aliphatic heterocycles. The number of unbranched alkanes of at least 4 members (excludes halogenated alkanes) is 7. The van der Waals surface area contributed by atoms with Gasteiger partial charge in [-0.1, -0.05) is 51.9 Å². The number of hydrogen-bond acceptors (Lipinski definition) is 2. The minimum Gasteiger partial charge on any atom is -0.479 e. The molecule has 0 aliphatic carbocycles. The van der Waals surface area contributed by atoms with Crippen molar-refractivity contribution >= 4 is 5.97 Å². The van der Waals surface area contributed by atoms with Crippen LogP contribution in [-0.4, -0.2) is 23.3 Å². The van der Waals surface area contributed by atoms with E-state index in [0.717, 1.165) is 12.8 Å². The molecule has 1 rings (SSSR count). The summed E-state index contributed by atoms with van der Waals surface area (Å²) in [5, 5.41) is 8.88. The SMILES string of the molecule is CCCCCCCCCC[C@]1(C(=O)O)CO1. The van der Waals surface area contributed by atoms with E-state index in [4.69, 9.17) is 9.84 Å². The van der Waals surface area contributed by atoms with Gasteiger partial charge in [0.15, 0.2) is 5.60 Å². The number of hydrogen-bond donors (Lipinski definition) is 1. The quantitative estimate of drug-likeness (QED) is 0.460. The molecule has 0 aromatic rings. The average molecular weight is 228 g/mol. The van der Waals surface area contributed by atoms with E-state index in [1.807, 2.05) is 0 Å². The van der Waals surface area contributed by atoms with Crippen molar-refractivity contribution in [3.63, 3.8) is 0 Å². The van der Waals surface area contributed by atoms with Crippen molar-refractivity contribution < 1.29 is 14.6 Å². The first kappa shape index (κ1) is 13.5. The second-order valence-corrected chi connectivity index (χ2v) is 4.81. The van der Waals surface area contributed by atoms with Crippen molar-refractivity contribution in [3.05, 3.63) is 0 Å². The lowest BCUT2D eigenvalue weighted by molar-refractivity contribution is -0.143. The summed E-state index contributed by atoms with van der Waals surface area (Å²) in [6, 6.07) is 0. The zero-order valence-electron chi connectivity index (χ0n) is 10.3. The highest BCUT2D eigenvalue weighted by molar-refractivity contribution is 5.80. The Hall–Kier alpha value is -0.570. The van der Waals surface area contributed by atoms with Gasteiger partial charge >= 0.3 is 5.97 Å². The first-order chi connectivity index (χ1) is 7.71. The van der Waals surface area contributed by atoms with Crippen molar-refractivity contribution in [2.45, 2.75) is 70.3 Å². The second-order valence-electron chi connectivity index (χ2n) is 4.81. The summed E-state index contributed by atoms with van der Waals surface area (Å²) >= 11 is 0. The topological polar surface area (TPSA) is 49.8 Å². The molecule has 1 atom stereocenters. The normalized spacial score (nSPS) is 23.3. The van der Waals surface area contributed by atoms with Gasteiger partial charge in [0.25, 0.3) is 0 Å². The van der Waals surface area contributed by atoms with Crippen molar-refractivity contribution in [1.82, 2.24) is 0 Å². The van der Waals surface area contributed by atoms with Crippen molar-refractivity contribution in [1.29, 1.82) is 0 Å². The van der Waals surface area contributed by atoms with Crippen molar-refractivity contribution in [2.24, 2.45) is 0 Å². The Labute approximate surface area is 98.2 Å². The van der Waals surface area contributed by atoms with Crippen LogP contribution >= 0.6 is 0 Å². The fourth-order valence-corrected chi connectivity index (χ4v) is 2.01. The van der Waals surface area contributed by atoms with Crippen LogP contribution in [0.4, 0.5) is 0 Å². The van der Waals surface area contributed by atoms with E-state index in [9.17, 15) is 4.79 Å². The average Bonchev–Trinajstić information content (AvgIpc) is 3.03. The van der Waals surface area contributed by atoms with Crippen LogP contribution in [0.2, 0.25) is 0 Å². The van der Waals surface area contributed by atoms with E-state index >= 15 is 0 Å². The van der Waals surface area contributed by atoms with Crippen LogP contribution in [0.25, 0.3) is 0 Å². The minimum absolute atomic E-state index is 0.416. The third-order valence-electron chi connectivity index (χ3n) is 3.32. The minimum atomic E-state index is -0.789. The Morgan fingerprint density at radius 2 is 1.62 bits per heavy atom. The summed E-state index contributed by atoms with van der Waals surface area (Å²) in [6.45, 7) is 2.64. The van der Waals surface area contributed by atoms with Gasteiger partial charge in [-0.15, -0.1) is 0 Å². The molecule has 0 spiro atoms. The summed E-state index contributed by atoms with van der Waals surface area (Å²) in [7, 11) is 0. The first-order valence-electron chi connectivity index (χ1n) is 6.58. The predicted molar refractivity (Wildman–Crippen MR) is 63.5 cm³/mol. The molecule has 1 fully saturated rings. The molecule has 3 nitrogen and oxygen atoms in total. The molecule has 0 bridgehead atoms. The van der Waals surface area contributed by atoms with E-state index < -0.39 is 11.6 Å². The molecule has 1 N–H and O–H groups in total. The zero-order chi connectivity index (χ0) is 11.9. The lowest BCUT2D eigenvalue weighted by atomic mass is 10.0. The van der Waals surface area contributed by atoms with Gasteiger partial charge in [0, 0.05) is 0 Å². The second kappa shape index (κ2) is 6.89. The molecule has 0 amide bonds. The molecular weight excluding hydrogens is 204 g/mol. The maximum Gasteiger partial charge on any atom is 0.338 e. The van der Waals surface area contributed by atoms with Gasteiger partial charge in [-0.3, -0.25) is 0 Å². The number of carbonyl (C=O) groups is 1. The molecule has 16 heavy (non-hydrogen) atoms. The summed E-state index contributed by atoms with van der Waals surface area (Å²) in [4.78, 5) is 10.8. The fourth-order valence-electron chi connectivity index (χ4n) is 2.01. The Bertz CT molecular complexity index is 209. The number of aliphatic carboxylic acids is 1. The van der Waals surface area contributed by atoms with Gasteiger partial charge < -0.3 is 9.84 Å². The molecule has 0 unspecified atom stereocenters. The molecule has 1 aliphatic rings. The van der Waals surface area contributed by atoms with E-state index in [1.54, 1.807) is 0 Å². The van der Waals surface area contributed by atoms with Crippen LogP contribution < -0.4 is 0 Å². The molecule has 3 heteroatoms. The Morgan fingerprint density at radius 1 is 1.12 bits per heavy atom. The van der Waals surface area contributed by atoms with Crippen LogP contribution in [-0.2, 0) is 9.53 Å². The molecule has 0 aromatic heterocycles. The van der Waals surface area contributed by atoms with Crippen LogP contribution in [0.5, 0.6) is 0 Å². The van der Waals surface area contributed by atoms with Gasteiger partial charge in [0.1, 0.15) is 0 Å². The van der Waals surface area contributed by atoms with Gasteiger partial charge in [-0.25, -0.2) is 4.79 Å². The Balaban J connectivity index is 1.87. The van der Waals surface area contributed by atoms with Gasteiger partial charge in [0.2, 0.25) is 0 Å². The molecule has 0 radical (unpaired) electrons. The summed E-state index contributed by atoms with van der Waals surface area (Å²) < 4.78 is 5.02. The molecular formula is C13H24O3. The number of rotatable bonds is 10. The van der Waals surface area contributed by atoms with Gasteiger partial charge in [-0.05, 0) is 12.8 Å². The van der Waals surface area contributed by atoms with Crippen LogP contribution in [0.3, 0.4) is 0 Å². The van der Waals surface area contributed by atoms with Crippen molar-refractivity contribution in [2.75, 3.05) is 6.61 Å². The van der Waals surface area contributed by atoms with Gasteiger partial charge in [0.05, 0.1) is 6.61 Å². The van der Waals surface area contributed by atoms with E-state index in [0.29, 0.717) is 13.0 Å². The maximum atomic E-state index is 10.8. The lowest BCUT2D eigenvalue weighted by Gasteiger charge is -2.05. The maximum absolute atomic E-state index is 10.8. The standard InChI is InChI=1S/C13H24O3/c1-2-3-4-5-6-7-8-9-10-13(11-16-13)12(14)15/h2-11H2,1H3,(H,14,15)/t13-/m1/s1. The number of ether oxygens (including phenoxy) is 1. The zero-order valence-corrected chi connectivity index (χ0v) is 10.3. The Kier molecular flexibility index (Phi) is 5.81. The Morgan fingerprint density at radius 3 is 2.06 bits per heavy atom. The predicted octanol–water partition coefficient (Wildman–Crippen LogP) is 3.37. The first-order valence-corrected chi connectivity index (χ1v) is 6.58. The van der Waals surface area contributed by atoms with Crippen LogP contribution in [0.1, 0.15) is 64.7 Å². The highest BCUT2D eigenvalue weighted by Gasteiger charge is 2.51. The molecule has 0 aromatic carbocycles. The highest BCUT2D eigenvalue weighted by Crippen LogP contribution is 2.33. The summed E-state index contributed by atoms with van der Waals surface area (Å²) in [5.41, 5.74) is -0.789. The fraction of sp³-hybridized carbons (Fsp3) is 0.923.